The molecule has 1 aliphatic rings. The molecule has 4 heteroatoms. The highest BCUT2D eigenvalue weighted by atomic mass is 16.5. The number of pyridine rings is 1. The first kappa shape index (κ1) is 9.83. The van der Waals surface area contributed by atoms with Gasteiger partial charge in [0, 0.05) is 24.7 Å². The number of hydrogen-bond donors (Lipinski definition) is 2. The Hall–Kier alpha value is -1.71. The molecule has 3 N–H and O–H groups in total. The van der Waals surface area contributed by atoms with Gasteiger partial charge < -0.3 is 15.8 Å². The van der Waals surface area contributed by atoms with Gasteiger partial charge in [0.15, 0.2) is 0 Å². The van der Waals surface area contributed by atoms with Crippen LogP contribution in [0.4, 0.5) is 0 Å². The van der Waals surface area contributed by atoms with Crippen LogP contribution < -0.4 is 15.8 Å². The maximum absolute atomic E-state index is 5.60. The normalized spacial score (nSPS) is 19.5. The third-order valence-corrected chi connectivity index (χ3v) is 2.36. The molecular formula is C11H15N3O. The van der Waals surface area contributed by atoms with Crippen LogP contribution in [-0.2, 0) is 0 Å². The topological polar surface area (TPSA) is 60.2 Å². The van der Waals surface area contributed by atoms with Gasteiger partial charge in [0.2, 0.25) is 5.88 Å². The second-order valence-corrected chi connectivity index (χ2v) is 3.57. The van der Waals surface area contributed by atoms with E-state index in [4.69, 9.17) is 10.5 Å². The fourth-order valence-corrected chi connectivity index (χ4v) is 1.55. The lowest BCUT2D eigenvalue weighted by Gasteiger charge is -2.07. The van der Waals surface area contributed by atoms with E-state index < -0.39 is 0 Å². The molecule has 80 valence electrons. The highest BCUT2D eigenvalue weighted by Crippen LogP contribution is 2.12. The maximum atomic E-state index is 5.60. The third kappa shape index (κ3) is 2.87. The van der Waals surface area contributed by atoms with E-state index >= 15 is 0 Å². The number of aromatic nitrogens is 1. The minimum absolute atomic E-state index is 0.480. The molecule has 2 heterocycles. The van der Waals surface area contributed by atoms with E-state index in [-0.39, 0.29) is 0 Å². The van der Waals surface area contributed by atoms with Gasteiger partial charge in [-0.1, -0.05) is 6.07 Å². The van der Waals surface area contributed by atoms with Crippen molar-refractivity contribution in [2.75, 3.05) is 13.2 Å². The van der Waals surface area contributed by atoms with Crippen LogP contribution in [0.1, 0.15) is 6.42 Å². The van der Waals surface area contributed by atoms with Crippen LogP contribution in [0.2, 0.25) is 0 Å². The fraction of sp³-hybridized carbons (Fsp3) is 0.364. The molecule has 0 fully saturated rings. The van der Waals surface area contributed by atoms with Gasteiger partial charge in [-0.2, -0.15) is 0 Å². The average molecular weight is 205 g/mol. The summed E-state index contributed by atoms with van der Waals surface area (Å²) in [4.78, 5) is 4.08. The Morgan fingerprint density at radius 2 is 2.47 bits per heavy atom. The summed E-state index contributed by atoms with van der Waals surface area (Å²) in [5.41, 5.74) is 5.60. The molecule has 1 aromatic heterocycles. The molecule has 2 rings (SSSR count). The molecule has 1 aliphatic heterocycles. The molecule has 0 amide bonds. The van der Waals surface area contributed by atoms with E-state index in [1.165, 1.54) is 0 Å². The monoisotopic (exact) mass is 205 g/mol. The zero-order valence-electron chi connectivity index (χ0n) is 8.52. The first-order valence-corrected chi connectivity index (χ1v) is 5.09. The molecular weight excluding hydrogens is 190 g/mol. The number of rotatable bonds is 4. The van der Waals surface area contributed by atoms with Crippen molar-refractivity contribution in [3.63, 3.8) is 0 Å². The quantitative estimate of drug-likeness (QED) is 0.765. The van der Waals surface area contributed by atoms with Gasteiger partial charge in [-0.15, -0.1) is 0 Å². The zero-order chi connectivity index (χ0) is 10.5. The van der Waals surface area contributed by atoms with Crippen molar-refractivity contribution in [3.05, 3.63) is 36.3 Å². The Morgan fingerprint density at radius 3 is 3.13 bits per heavy atom. The van der Waals surface area contributed by atoms with Crippen LogP contribution in [0.5, 0.6) is 5.88 Å². The van der Waals surface area contributed by atoms with Gasteiger partial charge in [0.05, 0.1) is 12.4 Å². The Labute approximate surface area is 89.1 Å². The van der Waals surface area contributed by atoms with Crippen LogP contribution in [0.3, 0.4) is 0 Å². The summed E-state index contributed by atoms with van der Waals surface area (Å²) >= 11 is 0. The lowest BCUT2D eigenvalue weighted by atomic mass is 10.1. The molecule has 0 saturated carbocycles. The van der Waals surface area contributed by atoms with Crippen molar-refractivity contribution in [3.8, 4) is 5.88 Å². The van der Waals surface area contributed by atoms with E-state index in [1.54, 1.807) is 6.20 Å². The predicted molar refractivity (Wildman–Crippen MR) is 58.1 cm³/mol. The molecule has 0 aliphatic carbocycles. The predicted octanol–water partition coefficient (Wildman–Crippen LogP) is 0.870. The van der Waals surface area contributed by atoms with Crippen LogP contribution in [-0.4, -0.2) is 18.1 Å². The van der Waals surface area contributed by atoms with Crippen molar-refractivity contribution in [1.29, 1.82) is 0 Å². The molecule has 4 nitrogen and oxygen atoms in total. The first-order chi connectivity index (χ1) is 7.34. The highest BCUT2D eigenvalue weighted by Gasteiger charge is 2.12. The summed E-state index contributed by atoms with van der Waals surface area (Å²) in [7, 11) is 0. The standard InChI is InChI=1S/C11H15N3O/c12-10-7-9(8-14-10)4-6-15-11-3-1-2-5-13-11/h1-3,5,7,9,14H,4,6,8,12H2/t9-/m0/s1. The summed E-state index contributed by atoms with van der Waals surface area (Å²) < 4.78 is 5.49. The molecule has 0 spiro atoms. The van der Waals surface area contributed by atoms with Crippen LogP contribution in [0, 0.1) is 5.92 Å². The lowest BCUT2D eigenvalue weighted by molar-refractivity contribution is 0.283. The van der Waals surface area contributed by atoms with Crippen molar-refractivity contribution >= 4 is 0 Å². The molecule has 0 bridgehead atoms. The Balaban J connectivity index is 1.72. The van der Waals surface area contributed by atoms with Crippen molar-refractivity contribution in [2.45, 2.75) is 6.42 Å². The number of nitrogens with zero attached hydrogens (tertiary/aromatic N) is 1. The molecule has 15 heavy (non-hydrogen) atoms. The van der Waals surface area contributed by atoms with Crippen LogP contribution >= 0.6 is 0 Å². The largest absolute Gasteiger partial charge is 0.478 e. The number of hydrogen-bond acceptors (Lipinski definition) is 4. The minimum Gasteiger partial charge on any atom is -0.478 e. The molecule has 0 saturated heterocycles. The van der Waals surface area contributed by atoms with Gasteiger partial charge in [-0.25, -0.2) is 4.98 Å². The first-order valence-electron chi connectivity index (χ1n) is 5.09. The lowest BCUT2D eigenvalue weighted by Crippen LogP contribution is -2.17. The smallest absolute Gasteiger partial charge is 0.213 e. The summed E-state index contributed by atoms with van der Waals surface area (Å²) in [5, 5.41) is 3.09. The second kappa shape index (κ2) is 4.68. The highest BCUT2D eigenvalue weighted by molar-refractivity contribution is 5.09. The summed E-state index contributed by atoms with van der Waals surface area (Å²) in [6.07, 6.45) is 4.73. The fourth-order valence-electron chi connectivity index (χ4n) is 1.55. The zero-order valence-corrected chi connectivity index (χ0v) is 8.52. The Kier molecular flexibility index (Phi) is 3.07. The Bertz CT molecular complexity index is 337. The number of nitrogens with one attached hydrogen (secondary N) is 1. The molecule has 0 unspecified atom stereocenters. The van der Waals surface area contributed by atoms with Crippen LogP contribution in [0.25, 0.3) is 0 Å². The van der Waals surface area contributed by atoms with Crippen molar-refractivity contribution in [2.24, 2.45) is 11.7 Å². The van der Waals surface area contributed by atoms with Gasteiger partial charge in [0.1, 0.15) is 0 Å². The van der Waals surface area contributed by atoms with E-state index in [0.717, 1.165) is 18.8 Å². The molecule has 0 aromatic carbocycles. The van der Waals surface area contributed by atoms with E-state index in [9.17, 15) is 0 Å². The SMILES string of the molecule is NC1=C[C@H](CCOc2ccccn2)CN1. The molecule has 1 aromatic rings. The van der Waals surface area contributed by atoms with Gasteiger partial charge in [-0.3, -0.25) is 0 Å². The molecule has 1 atom stereocenters. The summed E-state index contributed by atoms with van der Waals surface area (Å²) in [5.74, 6) is 1.94. The summed E-state index contributed by atoms with van der Waals surface area (Å²) in [6, 6.07) is 5.64. The van der Waals surface area contributed by atoms with Crippen LogP contribution in [0.15, 0.2) is 36.3 Å². The summed E-state index contributed by atoms with van der Waals surface area (Å²) in [6.45, 7) is 1.59. The number of ether oxygens (including phenoxy) is 1. The molecule has 0 radical (unpaired) electrons. The van der Waals surface area contributed by atoms with Gasteiger partial charge in [0.25, 0.3) is 0 Å². The maximum Gasteiger partial charge on any atom is 0.213 e. The van der Waals surface area contributed by atoms with Gasteiger partial charge >= 0.3 is 0 Å². The van der Waals surface area contributed by atoms with E-state index in [0.29, 0.717) is 18.4 Å². The average Bonchev–Trinajstić information content (AvgIpc) is 2.66. The van der Waals surface area contributed by atoms with Gasteiger partial charge in [-0.05, 0) is 18.6 Å². The van der Waals surface area contributed by atoms with E-state index in [1.807, 2.05) is 24.3 Å². The number of nitrogens with two attached hydrogens (primary N) is 1. The Morgan fingerprint density at radius 1 is 1.53 bits per heavy atom. The third-order valence-electron chi connectivity index (χ3n) is 2.36. The van der Waals surface area contributed by atoms with Crippen molar-refractivity contribution in [1.82, 2.24) is 10.3 Å². The second-order valence-electron chi connectivity index (χ2n) is 3.57. The van der Waals surface area contributed by atoms with Crippen molar-refractivity contribution < 1.29 is 4.74 Å². The van der Waals surface area contributed by atoms with E-state index in [2.05, 4.69) is 10.3 Å². The minimum atomic E-state index is 0.480.